The van der Waals surface area contributed by atoms with Gasteiger partial charge in [-0.1, -0.05) is 0 Å². The lowest BCUT2D eigenvalue weighted by atomic mass is 10.0. The van der Waals surface area contributed by atoms with Crippen LogP contribution < -0.4 is 10.5 Å². The van der Waals surface area contributed by atoms with Gasteiger partial charge in [-0.15, -0.1) is 0 Å². The van der Waals surface area contributed by atoms with E-state index in [9.17, 15) is 14.5 Å². The van der Waals surface area contributed by atoms with E-state index in [1.807, 2.05) is 6.07 Å². The van der Waals surface area contributed by atoms with Crippen LogP contribution in [0, 0.1) is 27.3 Å². The lowest BCUT2D eigenvalue weighted by molar-refractivity contribution is -0.385. The fourth-order valence-electron chi connectivity index (χ4n) is 1.18. The van der Waals surface area contributed by atoms with Gasteiger partial charge in [0.05, 0.1) is 17.6 Å². The minimum absolute atomic E-state index is 0.00907. The summed E-state index contributed by atoms with van der Waals surface area (Å²) in [5.41, 5.74) is 4.15. The molecule has 18 heavy (non-hydrogen) atoms. The van der Waals surface area contributed by atoms with Crippen LogP contribution in [-0.4, -0.2) is 17.1 Å². The highest BCUT2D eigenvalue weighted by Crippen LogP contribution is 2.27. The molecule has 1 aromatic carbocycles. The van der Waals surface area contributed by atoms with Gasteiger partial charge in [-0.05, 0) is 13.0 Å². The van der Waals surface area contributed by atoms with Crippen molar-refractivity contribution in [2.75, 3.05) is 6.61 Å². The number of nitriles is 1. The van der Waals surface area contributed by atoms with E-state index < -0.39 is 16.3 Å². The molecule has 1 aromatic rings. The van der Waals surface area contributed by atoms with Crippen molar-refractivity contribution >= 4 is 5.69 Å². The van der Waals surface area contributed by atoms with E-state index in [4.69, 9.17) is 15.7 Å². The second-order valence-electron chi connectivity index (χ2n) is 4.00. The first kappa shape index (κ1) is 13.9. The maximum Gasteiger partial charge on any atom is 0.311 e. The van der Waals surface area contributed by atoms with Crippen molar-refractivity contribution in [3.05, 3.63) is 34.1 Å². The molecule has 0 aliphatic carbocycles. The van der Waals surface area contributed by atoms with Gasteiger partial charge < -0.3 is 10.5 Å². The van der Waals surface area contributed by atoms with E-state index in [1.165, 1.54) is 6.92 Å². The van der Waals surface area contributed by atoms with Crippen LogP contribution >= 0.6 is 0 Å². The lowest BCUT2D eigenvalue weighted by Gasteiger charge is -2.15. The van der Waals surface area contributed by atoms with Gasteiger partial charge in [-0.2, -0.15) is 5.26 Å². The largest absolute Gasteiger partial charge is 0.487 e. The number of ether oxygens (including phenoxy) is 1. The highest BCUT2D eigenvalue weighted by atomic mass is 19.1. The van der Waals surface area contributed by atoms with Gasteiger partial charge in [0, 0.05) is 18.6 Å². The molecule has 2 N–H and O–H groups in total. The Labute approximate surface area is 103 Å². The van der Waals surface area contributed by atoms with Crippen molar-refractivity contribution in [3.63, 3.8) is 0 Å². The van der Waals surface area contributed by atoms with Gasteiger partial charge in [0.25, 0.3) is 0 Å². The second-order valence-corrected chi connectivity index (χ2v) is 4.00. The lowest BCUT2D eigenvalue weighted by Crippen LogP contribution is -2.35. The van der Waals surface area contributed by atoms with Gasteiger partial charge in [0.15, 0.2) is 5.75 Å². The fourth-order valence-corrected chi connectivity index (χ4v) is 1.18. The maximum absolute atomic E-state index is 13.0. The summed E-state index contributed by atoms with van der Waals surface area (Å²) in [5, 5.41) is 19.4. The number of nitrogens with two attached hydrogens (primary N) is 1. The van der Waals surface area contributed by atoms with Gasteiger partial charge >= 0.3 is 5.69 Å². The monoisotopic (exact) mass is 253 g/mol. The summed E-state index contributed by atoms with van der Waals surface area (Å²) >= 11 is 0. The van der Waals surface area contributed by atoms with E-state index in [0.29, 0.717) is 0 Å². The van der Waals surface area contributed by atoms with E-state index >= 15 is 0 Å². The molecule has 96 valence electrons. The molecule has 0 heterocycles. The Morgan fingerprint density at radius 3 is 2.89 bits per heavy atom. The maximum atomic E-state index is 13.0. The van der Waals surface area contributed by atoms with Crippen LogP contribution in [0.25, 0.3) is 0 Å². The summed E-state index contributed by atoms with van der Waals surface area (Å²) in [5.74, 6) is -0.805. The van der Waals surface area contributed by atoms with Crippen molar-refractivity contribution in [1.29, 1.82) is 5.26 Å². The Morgan fingerprint density at radius 2 is 2.33 bits per heavy atom. The number of rotatable bonds is 5. The average molecular weight is 253 g/mol. The summed E-state index contributed by atoms with van der Waals surface area (Å²) in [7, 11) is 0. The van der Waals surface area contributed by atoms with Crippen LogP contribution in [0.15, 0.2) is 18.2 Å². The van der Waals surface area contributed by atoms with Gasteiger partial charge in [-0.3, -0.25) is 10.1 Å². The Morgan fingerprint density at radius 1 is 1.67 bits per heavy atom. The quantitative estimate of drug-likeness (QED) is 0.636. The smallest absolute Gasteiger partial charge is 0.311 e. The van der Waals surface area contributed by atoms with Crippen LogP contribution in [0.1, 0.15) is 13.3 Å². The minimum Gasteiger partial charge on any atom is -0.487 e. The molecular weight excluding hydrogens is 241 g/mol. The standard InChI is InChI=1S/C11H12FN3O3/c1-11(14,7-13)4-5-18-10-6-8(12)2-3-9(10)15(16)17/h2-3,6H,4-5,14H2,1H3. The highest BCUT2D eigenvalue weighted by molar-refractivity contribution is 5.46. The second kappa shape index (κ2) is 5.42. The molecule has 0 saturated heterocycles. The number of nitro benzene ring substituents is 1. The molecule has 0 bridgehead atoms. The molecule has 0 aromatic heterocycles. The summed E-state index contributed by atoms with van der Waals surface area (Å²) in [6, 6.07) is 4.80. The number of nitrogens with zero attached hydrogens (tertiary/aromatic N) is 2. The first-order chi connectivity index (χ1) is 8.35. The third-order valence-corrected chi connectivity index (χ3v) is 2.25. The number of hydrogen-bond acceptors (Lipinski definition) is 5. The van der Waals surface area contributed by atoms with Crippen molar-refractivity contribution in [3.8, 4) is 11.8 Å². The molecule has 7 heteroatoms. The van der Waals surface area contributed by atoms with Crippen molar-refractivity contribution < 1.29 is 14.1 Å². The molecule has 0 aliphatic heterocycles. The highest BCUT2D eigenvalue weighted by Gasteiger charge is 2.20. The minimum atomic E-state index is -1.08. The first-order valence-corrected chi connectivity index (χ1v) is 5.12. The molecule has 0 spiro atoms. The van der Waals surface area contributed by atoms with Crippen molar-refractivity contribution in [2.45, 2.75) is 18.9 Å². The normalized spacial score (nSPS) is 13.4. The zero-order valence-electron chi connectivity index (χ0n) is 9.72. The molecule has 0 fully saturated rings. The van der Waals surface area contributed by atoms with Crippen LogP contribution in [0.2, 0.25) is 0 Å². The number of halogens is 1. The zero-order chi connectivity index (χ0) is 13.8. The van der Waals surface area contributed by atoms with Crippen LogP contribution in [-0.2, 0) is 0 Å². The van der Waals surface area contributed by atoms with Crippen molar-refractivity contribution in [1.82, 2.24) is 0 Å². The van der Waals surface area contributed by atoms with Gasteiger partial charge in [0.2, 0.25) is 0 Å². The topological polar surface area (TPSA) is 102 Å². The van der Waals surface area contributed by atoms with Crippen LogP contribution in [0.5, 0.6) is 5.75 Å². The third-order valence-electron chi connectivity index (χ3n) is 2.25. The summed E-state index contributed by atoms with van der Waals surface area (Å²) in [4.78, 5) is 10.0. The van der Waals surface area contributed by atoms with Crippen molar-refractivity contribution in [2.24, 2.45) is 5.73 Å². The van der Waals surface area contributed by atoms with Crippen LogP contribution in [0.3, 0.4) is 0 Å². The fraction of sp³-hybridized carbons (Fsp3) is 0.364. The van der Waals surface area contributed by atoms with E-state index in [1.54, 1.807) is 0 Å². The summed E-state index contributed by atoms with van der Waals surface area (Å²) in [6.45, 7) is 1.50. The Balaban J connectivity index is 2.76. The number of nitro groups is 1. The molecule has 1 unspecified atom stereocenters. The number of hydrogen-bond donors (Lipinski definition) is 1. The van der Waals surface area contributed by atoms with E-state index in [-0.39, 0.29) is 24.5 Å². The predicted octanol–water partition coefficient (Wildman–Crippen LogP) is 1.74. The van der Waals surface area contributed by atoms with Gasteiger partial charge in [-0.25, -0.2) is 4.39 Å². The Hall–Kier alpha value is -2.20. The third kappa shape index (κ3) is 3.68. The molecule has 1 rings (SSSR count). The Bertz CT molecular complexity index is 497. The SMILES string of the molecule is CC(N)(C#N)CCOc1cc(F)ccc1[N+](=O)[O-]. The molecule has 6 nitrogen and oxygen atoms in total. The van der Waals surface area contributed by atoms with Gasteiger partial charge in [0.1, 0.15) is 11.4 Å². The summed E-state index contributed by atoms with van der Waals surface area (Å²) < 4.78 is 18.1. The summed E-state index contributed by atoms with van der Waals surface area (Å²) in [6.07, 6.45) is 0.178. The predicted molar refractivity (Wildman–Crippen MR) is 61.4 cm³/mol. The molecule has 0 radical (unpaired) electrons. The first-order valence-electron chi connectivity index (χ1n) is 5.12. The van der Waals surface area contributed by atoms with Crippen LogP contribution in [0.4, 0.5) is 10.1 Å². The molecule has 1 atom stereocenters. The molecule has 0 amide bonds. The zero-order valence-corrected chi connectivity index (χ0v) is 9.72. The molecule has 0 aliphatic rings. The average Bonchev–Trinajstić information content (AvgIpc) is 2.28. The van der Waals surface area contributed by atoms with E-state index in [0.717, 1.165) is 18.2 Å². The molecule has 0 saturated carbocycles. The molecular formula is C11H12FN3O3. The Kier molecular flexibility index (Phi) is 4.18. The number of benzene rings is 1. The van der Waals surface area contributed by atoms with E-state index in [2.05, 4.69) is 0 Å².